The first-order valence-electron chi connectivity index (χ1n) is 10.0. The van der Waals surface area contributed by atoms with Gasteiger partial charge in [0.25, 0.3) is 0 Å². The van der Waals surface area contributed by atoms with Gasteiger partial charge in [0, 0.05) is 24.5 Å². The number of allylic oxidation sites excluding steroid dienone is 2. The van der Waals surface area contributed by atoms with Gasteiger partial charge >= 0.3 is 0 Å². The summed E-state index contributed by atoms with van der Waals surface area (Å²) in [7, 11) is 0. The Hall–Kier alpha value is -1.96. The molecule has 1 rings (SSSR count). The molecule has 0 atom stereocenters. The fourth-order valence-electron chi connectivity index (χ4n) is 3.14. The van der Waals surface area contributed by atoms with Crippen molar-refractivity contribution in [1.29, 1.82) is 0 Å². The smallest absolute Gasteiger partial charge is 0.0903 e. The van der Waals surface area contributed by atoms with Gasteiger partial charge in [0.2, 0.25) is 0 Å². The first kappa shape index (κ1) is 23.1. The van der Waals surface area contributed by atoms with E-state index in [0.717, 1.165) is 38.3 Å². The van der Waals surface area contributed by atoms with E-state index in [1.54, 1.807) is 0 Å². The number of nitrogens with zero attached hydrogens (tertiary/aromatic N) is 2. The van der Waals surface area contributed by atoms with E-state index in [2.05, 4.69) is 95.3 Å². The van der Waals surface area contributed by atoms with E-state index in [1.165, 1.54) is 11.3 Å². The Morgan fingerprint density at radius 1 is 1.04 bits per heavy atom. The quantitative estimate of drug-likeness (QED) is 0.245. The molecule has 0 heterocycles. The average molecular weight is 369 g/mol. The van der Waals surface area contributed by atoms with Crippen LogP contribution >= 0.6 is 0 Å². The largest absolute Gasteiger partial charge is 0.354 e. The first-order chi connectivity index (χ1) is 12.5. The average Bonchev–Trinajstić information content (AvgIpc) is 2.59. The van der Waals surface area contributed by atoms with Crippen molar-refractivity contribution in [2.45, 2.75) is 54.4 Å². The minimum atomic E-state index is 0.183. The molecule has 2 nitrogen and oxygen atoms in total. The third kappa shape index (κ3) is 7.66. The lowest BCUT2D eigenvalue weighted by atomic mass is 9.89. The lowest BCUT2D eigenvalue weighted by Gasteiger charge is -2.41. The van der Waals surface area contributed by atoms with Gasteiger partial charge in [-0.2, -0.15) is 0 Å². The highest BCUT2D eigenvalue weighted by molar-refractivity contribution is 5.54. The van der Waals surface area contributed by atoms with Crippen molar-refractivity contribution in [3.63, 3.8) is 0 Å². The van der Waals surface area contributed by atoms with Crippen LogP contribution in [0.15, 0.2) is 61.9 Å². The molecular formula is C25H40N2. The molecule has 0 aliphatic carbocycles. The second-order valence-corrected chi connectivity index (χ2v) is 9.43. The van der Waals surface area contributed by atoms with Gasteiger partial charge < -0.3 is 9.80 Å². The van der Waals surface area contributed by atoms with E-state index in [1.807, 2.05) is 12.2 Å². The van der Waals surface area contributed by atoms with Crippen LogP contribution in [0.5, 0.6) is 0 Å². The zero-order chi connectivity index (χ0) is 20.7. The van der Waals surface area contributed by atoms with Gasteiger partial charge in [-0.05, 0) is 41.4 Å². The summed E-state index contributed by atoms with van der Waals surface area (Å²) in [6.45, 7) is 28.6. The summed E-state index contributed by atoms with van der Waals surface area (Å²) in [6, 6.07) is 8.66. The Labute approximate surface area is 168 Å². The molecule has 0 bridgehead atoms. The van der Waals surface area contributed by atoms with Gasteiger partial charge in [-0.3, -0.25) is 0 Å². The summed E-state index contributed by atoms with van der Waals surface area (Å²) in [6.07, 6.45) is 5.85. The molecule has 2 heteroatoms. The zero-order valence-electron chi connectivity index (χ0n) is 18.5. The number of hydrogen-bond acceptors (Lipinski definition) is 2. The van der Waals surface area contributed by atoms with Crippen molar-refractivity contribution in [2.24, 2.45) is 10.8 Å². The minimum Gasteiger partial charge on any atom is -0.354 e. The normalized spacial score (nSPS) is 11.8. The Balaban J connectivity index is 3.27. The highest BCUT2D eigenvalue weighted by Gasteiger charge is 2.25. The topological polar surface area (TPSA) is 6.48 Å². The van der Waals surface area contributed by atoms with Gasteiger partial charge in [0.05, 0.1) is 6.67 Å². The van der Waals surface area contributed by atoms with E-state index in [9.17, 15) is 0 Å². The molecule has 0 amide bonds. The first-order valence-corrected chi connectivity index (χ1v) is 10.0. The van der Waals surface area contributed by atoms with Crippen LogP contribution < -0.4 is 4.90 Å². The van der Waals surface area contributed by atoms with E-state index in [0.29, 0.717) is 0 Å². The number of rotatable bonds is 11. The van der Waals surface area contributed by atoms with Crippen LogP contribution in [0.4, 0.5) is 5.69 Å². The SMILES string of the molecule is C=CCc1ccccc1N(CN(CC(C)(C)CC)C(=C)C=C)CC(C)(C)C. The van der Waals surface area contributed by atoms with Crippen LogP contribution in [-0.2, 0) is 6.42 Å². The fraction of sp³-hybridized carbons (Fsp3) is 0.520. The predicted octanol–water partition coefficient (Wildman–Crippen LogP) is 6.66. The summed E-state index contributed by atoms with van der Waals surface area (Å²) in [4.78, 5) is 4.85. The maximum atomic E-state index is 4.26. The predicted molar refractivity (Wildman–Crippen MR) is 122 cm³/mol. The fourth-order valence-corrected chi connectivity index (χ4v) is 3.14. The maximum Gasteiger partial charge on any atom is 0.0903 e. The van der Waals surface area contributed by atoms with Crippen LogP contribution in [0.2, 0.25) is 0 Å². The number of anilines is 1. The van der Waals surface area contributed by atoms with Gasteiger partial charge in [-0.1, -0.05) is 79.0 Å². The van der Waals surface area contributed by atoms with Crippen molar-refractivity contribution < 1.29 is 0 Å². The molecule has 1 aromatic rings. The molecule has 0 radical (unpaired) electrons. The zero-order valence-corrected chi connectivity index (χ0v) is 18.5. The van der Waals surface area contributed by atoms with Gasteiger partial charge in [0.1, 0.15) is 0 Å². The maximum absolute atomic E-state index is 4.26. The van der Waals surface area contributed by atoms with Crippen molar-refractivity contribution in [2.75, 3.05) is 24.7 Å². The van der Waals surface area contributed by atoms with Crippen LogP contribution in [0.1, 0.15) is 53.5 Å². The van der Waals surface area contributed by atoms with Gasteiger partial charge in [-0.15, -0.1) is 6.58 Å². The molecule has 150 valence electrons. The summed E-state index contributed by atoms with van der Waals surface area (Å²) >= 11 is 0. The van der Waals surface area contributed by atoms with Crippen molar-refractivity contribution in [3.05, 3.63) is 67.4 Å². The molecular weight excluding hydrogens is 328 g/mol. The summed E-state index contributed by atoms with van der Waals surface area (Å²) in [5.74, 6) is 0. The molecule has 0 saturated carbocycles. The van der Waals surface area contributed by atoms with Gasteiger partial charge in [-0.25, -0.2) is 0 Å². The Kier molecular flexibility index (Phi) is 8.40. The number of hydrogen-bond donors (Lipinski definition) is 0. The Morgan fingerprint density at radius 3 is 2.19 bits per heavy atom. The van der Waals surface area contributed by atoms with Crippen LogP contribution in [0.25, 0.3) is 0 Å². The molecule has 0 saturated heterocycles. The summed E-state index contributed by atoms with van der Waals surface area (Å²) < 4.78 is 0. The van der Waals surface area contributed by atoms with E-state index >= 15 is 0 Å². The summed E-state index contributed by atoms with van der Waals surface area (Å²) in [5.41, 5.74) is 3.98. The second-order valence-electron chi connectivity index (χ2n) is 9.43. The second kappa shape index (κ2) is 9.82. The minimum absolute atomic E-state index is 0.183. The highest BCUT2D eigenvalue weighted by Crippen LogP contribution is 2.29. The van der Waals surface area contributed by atoms with Crippen LogP contribution in [0, 0.1) is 10.8 Å². The Bertz CT molecular complexity index is 634. The molecule has 0 aliphatic heterocycles. The van der Waals surface area contributed by atoms with Crippen LogP contribution in [-0.4, -0.2) is 24.7 Å². The molecule has 0 aromatic heterocycles. The number of para-hydroxylation sites is 1. The summed E-state index contributed by atoms with van der Waals surface area (Å²) in [5, 5.41) is 0. The third-order valence-electron chi connectivity index (χ3n) is 4.92. The van der Waals surface area contributed by atoms with Crippen molar-refractivity contribution in [1.82, 2.24) is 4.90 Å². The van der Waals surface area contributed by atoms with E-state index in [4.69, 9.17) is 0 Å². The lowest BCUT2D eigenvalue weighted by Crippen LogP contribution is -2.44. The molecule has 0 unspecified atom stereocenters. The molecule has 0 aliphatic rings. The standard InChI is InChI=1S/C25H40N2/c1-10-15-22-16-13-14-17-23(22)27(18-24(5,6)7)20-26(21(4)11-2)19-25(8,9)12-3/h10-11,13-14,16-17H,1-2,4,12,15,18-20H2,3,5-9H3. The Morgan fingerprint density at radius 2 is 1.67 bits per heavy atom. The molecule has 0 N–H and O–H groups in total. The van der Waals surface area contributed by atoms with Crippen molar-refractivity contribution in [3.8, 4) is 0 Å². The monoisotopic (exact) mass is 368 g/mol. The van der Waals surface area contributed by atoms with Crippen LogP contribution in [0.3, 0.4) is 0 Å². The van der Waals surface area contributed by atoms with E-state index < -0.39 is 0 Å². The molecule has 0 spiro atoms. The van der Waals surface area contributed by atoms with E-state index in [-0.39, 0.29) is 10.8 Å². The molecule has 0 fully saturated rings. The van der Waals surface area contributed by atoms with Crippen molar-refractivity contribution >= 4 is 5.69 Å². The van der Waals surface area contributed by atoms with Gasteiger partial charge in [0.15, 0.2) is 0 Å². The number of benzene rings is 1. The molecule has 1 aromatic carbocycles. The highest BCUT2D eigenvalue weighted by atomic mass is 15.3. The lowest BCUT2D eigenvalue weighted by molar-refractivity contribution is 0.210. The third-order valence-corrected chi connectivity index (χ3v) is 4.92. The molecule has 27 heavy (non-hydrogen) atoms.